The molecule has 2 heteroatoms. The van der Waals surface area contributed by atoms with Gasteiger partial charge in [0.05, 0.1) is 6.10 Å². The lowest BCUT2D eigenvalue weighted by atomic mass is 9.90. The maximum absolute atomic E-state index is 9.36. The van der Waals surface area contributed by atoms with Crippen molar-refractivity contribution in [2.75, 3.05) is 12.0 Å². The lowest BCUT2D eigenvalue weighted by Crippen LogP contribution is -2.19. The van der Waals surface area contributed by atoms with Crippen molar-refractivity contribution >= 4 is 11.8 Å². The highest BCUT2D eigenvalue weighted by molar-refractivity contribution is 7.98. The molecule has 0 saturated heterocycles. The van der Waals surface area contributed by atoms with Gasteiger partial charge in [-0.1, -0.05) is 20.8 Å². The Morgan fingerprint density at radius 1 is 1.40 bits per heavy atom. The van der Waals surface area contributed by atoms with Gasteiger partial charge in [0.2, 0.25) is 0 Å². The van der Waals surface area contributed by atoms with Gasteiger partial charge in [0.15, 0.2) is 0 Å². The summed E-state index contributed by atoms with van der Waals surface area (Å²) in [5, 5.41) is 9.36. The van der Waals surface area contributed by atoms with Crippen molar-refractivity contribution in [1.29, 1.82) is 0 Å². The van der Waals surface area contributed by atoms with Gasteiger partial charge in [-0.2, -0.15) is 11.8 Å². The van der Waals surface area contributed by atoms with Crippen LogP contribution in [-0.4, -0.2) is 23.2 Å². The molecule has 0 aliphatic rings. The minimum absolute atomic E-state index is 0.130. The quantitative estimate of drug-likeness (QED) is 0.686. The lowest BCUT2D eigenvalue weighted by molar-refractivity contribution is 0.142. The summed E-state index contributed by atoms with van der Waals surface area (Å²) in [6, 6.07) is 0. The van der Waals surface area contributed by atoms with Crippen molar-refractivity contribution in [1.82, 2.24) is 0 Å². The maximum Gasteiger partial charge on any atom is 0.0635 e. The van der Waals surface area contributed by atoms with Crippen molar-refractivity contribution in [2.24, 2.45) is 5.41 Å². The predicted octanol–water partition coefficient (Wildman–Crippen LogP) is 2.15. The summed E-state index contributed by atoms with van der Waals surface area (Å²) >= 11 is 1.70. The van der Waals surface area contributed by atoms with Crippen LogP contribution in [0.5, 0.6) is 0 Å². The van der Waals surface area contributed by atoms with Gasteiger partial charge in [0.1, 0.15) is 0 Å². The van der Waals surface area contributed by atoms with E-state index in [1.807, 2.05) is 6.26 Å². The van der Waals surface area contributed by atoms with Crippen LogP contribution in [0, 0.1) is 5.41 Å². The van der Waals surface area contributed by atoms with Crippen LogP contribution in [0.15, 0.2) is 0 Å². The normalized spacial score (nSPS) is 15.3. The van der Waals surface area contributed by atoms with Gasteiger partial charge in [-0.25, -0.2) is 0 Å². The van der Waals surface area contributed by atoms with Crippen molar-refractivity contribution in [2.45, 2.75) is 33.3 Å². The number of aliphatic hydroxyl groups is 1. The Hall–Kier alpha value is 0.310. The van der Waals surface area contributed by atoms with Gasteiger partial charge >= 0.3 is 0 Å². The Morgan fingerprint density at radius 3 is 2.20 bits per heavy atom. The van der Waals surface area contributed by atoms with Crippen LogP contribution in [0.1, 0.15) is 27.2 Å². The number of aliphatic hydroxyl groups excluding tert-OH is 1. The van der Waals surface area contributed by atoms with Crippen LogP contribution >= 0.6 is 11.8 Å². The third-order valence-corrected chi connectivity index (χ3v) is 1.93. The minimum atomic E-state index is -0.130. The maximum atomic E-state index is 9.36. The fourth-order valence-electron chi connectivity index (χ4n) is 0.958. The molecule has 0 aliphatic heterocycles. The Bertz CT molecular complexity index is 85.7. The summed E-state index contributed by atoms with van der Waals surface area (Å²) in [5.41, 5.74) is 0.259. The first kappa shape index (κ1) is 10.3. The highest BCUT2D eigenvalue weighted by atomic mass is 32.2. The van der Waals surface area contributed by atoms with Gasteiger partial charge in [-0.3, -0.25) is 0 Å². The van der Waals surface area contributed by atoms with Crippen LogP contribution in [0.25, 0.3) is 0 Å². The molecule has 1 nitrogen and oxygen atoms in total. The molecular formula is C8H18OS. The summed E-state index contributed by atoms with van der Waals surface area (Å²) in [4.78, 5) is 0. The third kappa shape index (κ3) is 6.43. The molecule has 0 aromatic rings. The van der Waals surface area contributed by atoms with E-state index in [1.54, 1.807) is 11.8 Å². The summed E-state index contributed by atoms with van der Waals surface area (Å²) in [6.07, 6.45) is 2.79. The summed E-state index contributed by atoms with van der Waals surface area (Å²) in [6.45, 7) is 6.45. The van der Waals surface area contributed by atoms with Gasteiger partial charge in [-0.15, -0.1) is 0 Å². The van der Waals surface area contributed by atoms with Crippen molar-refractivity contribution in [3.63, 3.8) is 0 Å². The fraction of sp³-hybridized carbons (Fsp3) is 1.00. The lowest BCUT2D eigenvalue weighted by Gasteiger charge is -2.21. The molecule has 0 fully saturated rings. The highest BCUT2D eigenvalue weighted by Crippen LogP contribution is 2.21. The number of rotatable bonds is 3. The van der Waals surface area contributed by atoms with Crippen LogP contribution in [0.4, 0.5) is 0 Å². The molecule has 0 saturated carbocycles. The largest absolute Gasteiger partial charge is 0.392 e. The van der Waals surface area contributed by atoms with Gasteiger partial charge in [-0.05, 0) is 18.1 Å². The summed E-state index contributed by atoms with van der Waals surface area (Å²) < 4.78 is 0. The second-order valence-corrected chi connectivity index (χ2v) is 4.78. The summed E-state index contributed by atoms with van der Waals surface area (Å²) in [7, 11) is 0. The van der Waals surface area contributed by atoms with E-state index in [0.29, 0.717) is 0 Å². The fourth-order valence-corrected chi connectivity index (χ4v) is 1.46. The number of hydrogen-bond donors (Lipinski definition) is 1. The van der Waals surface area contributed by atoms with E-state index in [9.17, 15) is 5.11 Å². The SMILES string of the molecule is CSCC(O)CC(C)(C)C. The number of thioether (sulfide) groups is 1. The molecule has 1 N–H and O–H groups in total. The van der Waals surface area contributed by atoms with E-state index in [1.165, 1.54) is 0 Å². The monoisotopic (exact) mass is 162 g/mol. The number of hydrogen-bond acceptors (Lipinski definition) is 2. The first-order valence-corrected chi connectivity index (χ1v) is 5.02. The van der Waals surface area contributed by atoms with E-state index >= 15 is 0 Å². The van der Waals surface area contributed by atoms with E-state index in [-0.39, 0.29) is 11.5 Å². The molecule has 0 radical (unpaired) electrons. The Labute approximate surface area is 68.2 Å². The molecule has 1 unspecified atom stereocenters. The predicted molar refractivity (Wildman–Crippen MR) is 48.5 cm³/mol. The van der Waals surface area contributed by atoms with Gasteiger partial charge in [0, 0.05) is 5.75 Å². The van der Waals surface area contributed by atoms with Crippen LogP contribution in [0.2, 0.25) is 0 Å². The third-order valence-electron chi connectivity index (χ3n) is 1.21. The van der Waals surface area contributed by atoms with Crippen molar-refractivity contribution < 1.29 is 5.11 Å². The zero-order valence-corrected chi connectivity index (χ0v) is 8.16. The smallest absolute Gasteiger partial charge is 0.0635 e. The van der Waals surface area contributed by atoms with E-state index in [4.69, 9.17) is 0 Å². The van der Waals surface area contributed by atoms with E-state index < -0.39 is 0 Å². The average Bonchev–Trinajstić information content (AvgIpc) is 1.59. The molecular weight excluding hydrogens is 144 g/mol. The molecule has 0 aliphatic carbocycles. The van der Waals surface area contributed by atoms with Crippen molar-refractivity contribution in [3.05, 3.63) is 0 Å². The molecule has 10 heavy (non-hydrogen) atoms. The Kier molecular flexibility index (Phi) is 4.37. The molecule has 0 amide bonds. The zero-order valence-electron chi connectivity index (χ0n) is 7.35. The second-order valence-electron chi connectivity index (χ2n) is 3.87. The zero-order chi connectivity index (χ0) is 8.20. The Morgan fingerprint density at radius 2 is 1.90 bits per heavy atom. The minimum Gasteiger partial charge on any atom is -0.392 e. The molecule has 0 aromatic carbocycles. The molecule has 0 spiro atoms. The molecule has 0 aromatic heterocycles. The molecule has 0 heterocycles. The second kappa shape index (κ2) is 4.24. The van der Waals surface area contributed by atoms with E-state index in [0.717, 1.165) is 12.2 Å². The van der Waals surface area contributed by atoms with Crippen LogP contribution in [0.3, 0.4) is 0 Å². The van der Waals surface area contributed by atoms with Crippen LogP contribution in [-0.2, 0) is 0 Å². The summed E-state index contributed by atoms with van der Waals surface area (Å²) in [5.74, 6) is 0.858. The average molecular weight is 162 g/mol. The molecule has 0 rings (SSSR count). The topological polar surface area (TPSA) is 20.2 Å². The highest BCUT2D eigenvalue weighted by Gasteiger charge is 2.15. The van der Waals surface area contributed by atoms with E-state index in [2.05, 4.69) is 20.8 Å². The molecule has 1 atom stereocenters. The Balaban J connectivity index is 3.47. The van der Waals surface area contributed by atoms with Crippen LogP contribution < -0.4 is 0 Å². The first-order chi connectivity index (χ1) is 4.45. The molecule has 62 valence electrons. The van der Waals surface area contributed by atoms with Crippen molar-refractivity contribution in [3.8, 4) is 0 Å². The standard InChI is InChI=1S/C8H18OS/c1-8(2,3)5-7(9)6-10-4/h7,9H,5-6H2,1-4H3. The van der Waals surface area contributed by atoms with Gasteiger partial charge < -0.3 is 5.11 Å². The first-order valence-electron chi connectivity index (χ1n) is 3.63. The van der Waals surface area contributed by atoms with Gasteiger partial charge in [0.25, 0.3) is 0 Å². The molecule has 0 bridgehead atoms.